The zero-order valence-corrected chi connectivity index (χ0v) is 13.2. The number of anilines is 1. The van der Waals surface area contributed by atoms with Crippen molar-refractivity contribution in [1.82, 2.24) is 4.98 Å². The first-order valence-corrected chi connectivity index (χ1v) is 7.88. The van der Waals surface area contributed by atoms with Crippen LogP contribution in [0.15, 0.2) is 23.6 Å². The number of carbonyl (C=O) groups excluding carboxylic acids is 1. The predicted octanol–water partition coefficient (Wildman–Crippen LogP) is 3.72. The number of amides is 1. The molecule has 3 rings (SSSR count). The highest BCUT2D eigenvalue weighted by molar-refractivity contribution is 7.14. The number of nitrogens with one attached hydrogen (secondary N) is 1. The molecule has 0 radical (unpaired) electrons. The maximum Gasteiger partial charge on any atom is 0.229 e. The van der Waals surface area contributed by atoms with E-state index < -0.39 is 0 Å². The van der Waals surface area contributed by atoms with Gasteiger partial charge in [0, 0.05) is 16.9 Å². The van der Waals surface area contributed by atoms with Crippen molar-refractivity contribution < 1.29 is 9.53 Å². The molecule has 1 aliphatic carbocycles. The fourth-order valence-electron chi connectivity index (χ4n) is 2.36. The summed E-state index contributed by atoms with van der Waals surface area (Å²) < 4.78 is 5.38. The van der Waals surface area contributed by atoms with Crippen LogP contribution in [-0.4, -0.2) is 18.0 Å². The molecule has 0 bridgehead atoms. The molecule has 0 aliphatic heterocycles. The lowest BCUT2D eigenvalue weighted by molar-refractivity contribution is -0.117. The Labute approximate surface area is 128 Å². The van der Waals surface area contributed by atoms with E-state index in [1.807, 2.05) is 30.5 Å². The first-order valence-electron chi connectivity index (χ1n) is 7.00. The summed E-state index contributed by atoms with van der Waals surface area (Å²) in [6.45, 7) is 4.13. The van der Waals surface area contributed by atoms with Gasteiger partial charge in [-0.2, -0.15) is 0 Å². The molecule has 1 fully saturated rings. The van der Waals surface area contributed by atoms with E-state index in [1.165, 1.54) is 11.3 Å². The SMILES string of the molecule is COc1ccc(C)cc1-c1csc(NC(=O)C2CC2C)n1. The van der Waals surface area contributed by atoms with Crippen LogP contribution in [0.4, 0.5) is 5.13 Å². The number of ether oxygens (including phenoxy) is 1. The van der Waals surface area contributed by atoms with Gasteiger partial charge in [-0.15, -0.1) is 11.3 Å². The highest BCUT2D eigenvalue weighted by Crippen LogP contribution is 2.39. The van der Waals surface area contributed by atoms with Crippen molar-refractivity contribution in [3.63, 3.8) is 0 Å². The maximum absolute atomic E-state index is 11.9. The van der Waals surface area contributed by atoms with Crippen molar-refractivity contribution in [3.05, 3.63) is 29.1 Å². The van der Waals surface area contributed by atoms with Crippen LogP contribution in [0.25, 0.3) is 11.3 Å². The van der Waals surface area contributed by atoms with Crippen molar-refractivity contribution >= 4 is 22.4 Å². The van der Waals surface area contributed by atoms with Gasteiger partial charge in [0.2, 0.25) is 5.91 Å². The van der Waals surface area contributed by atoms with Gasteiger partial charge < -0.3 is 10.1 Å². The number of rotatable bonds is 4. The summed E-state index contributed by atoms with van der Waals surface area (Å²) >= 11 is 1.45. The molecule has 2 aromatic rings. The summed E-state index contributed by atoms with van der Waals surface area (Å²) in [5, 5.41) is 5.50. The van der Waals surface area contributed by atoms with Crippen LogP contribution in [0.5, 0.6) is 5.75 Å². The standard InChI is InChI=1S/C16H18N2O2S/c1-9-4-5-14(20-3)12(6-9)13-8-21-16(17-13)18-15(19)11-7-10(11)2/h4-6,8,10-11H,7H2,1-3H3,(H,17,18,19). The second kappa shape index (κ2) is 5.48. The minimum absolute atomic E-state index is 0.0830. The third kappa shape index (κ3) is 2.93. The van der Waals surface area contributed by atoms with Crippen molar-refractivity contribution in [3.8, 4) is 17.0 Å². The Balaban J connectivity index is 1.81. The largest absolute Gasteiger partial charge is 0.496 e. The first kappa shape index (κ1) is 14.1. The van der Waals surface area contributed by atoms with Crippen LogP contribution in [0.1, 0.15) is 18.9 Å². The van der Waals surface area contributed by atoms with Crippen LogP contribution in [-0.2, 0) is 4.79 Å². The van der Waals surface area contributed by atoms with Crippen molar-refractivity contribution in [2.75, 3.05) is 12.4 Å². The van der Waals surface area contributed by atoms with Crippen LogP contribution in [0, 0.1) is 18.8 Å². The van der Waals surface area contributed by atoms with E-state index in [1.54, 1.807) is 7.11 Å². The van der Waals surface area contributed by atoms with Gasteiger partial charge in [-0.05, 0) is 31.4 Å². The monoisotopic (exact) mass is 302 g/mol. The summed E-state index contributed by atoms with van der Waals surface area (Å²) in [6, 6.07) is 5.99. The highest BCUT2D eigenvalue weighted by Gasteiger charge is 2.39. The lowest BCUT2D eigenvalue weighted by atomic mass is 10.1. The number of methoxy groups -OCH3 is 1. The summed E-state index contributed by atoms with van der Waals surface area (Å²) in [5.41, 5.74) is 2.94. The van der Waals surface area contributed by atoms with Crippen LogP contribution >= 0.6 is 11.3 Å². The lowest BCUT2D eigenvalue weighted by Crippen LogP contribution is -2.14. The third-order valence-electron chi connectivity index (χ3n) is 3.81. The van der Waals surface area contributed by atoms with E-state index in [9.17, 15) is 4.79 Å². The Bertz CT molecular complexity index is 681. The first-order chi connectivity index (χ1) is 10.1. The van der Waals surface area contributed by atoms with Gasteiger partial charge in [-0.1, -0.05) is 18.6 Å². The topological polar surface area (TPSA) is 51.2 Å². The average Bonchev–Trinajstić information content (AvgIpc) is 3.02. The minimum atomic E-state index is 0.0830. The Kier molecular flexibility index (Phi) is 3.68. The van der Waals surface area contributed by atoms with Crippen molar-refractivity contribution in [1.29, 1.82) is 0 Å². The van der Waals surface area contributed by atoms with Crippen LogP contribution in [0.3, 0.4) is 0 Å². The molecule has 5 heteroatoms. The normalized spacial score (nSPS) is 20.1. The molecule has 1 heterocycles. The number of thiazole rings is 1. The van der Waals surface area contributed by atoms with Gasteiger partial charge in [0.1, 0.15) is 5.75 Å². The maximum atomic E-state index is 11.9. The molecule has 1 saturated carbocycles. The molecular weight excluding hydrogens is 284 g/mol. The Hall–Kier alpha value is -1.88. The fraction of sp³-hybridized carbons (Fsp3) is 0.375. The van der Waals surface area contributed by atoms with Crippen molar-refractivity contribution in [2.24, 2.45) is 11.8 Å². The van der Waals surface area contributed by atoms with Gasteiger partial charge in [0.05, 0.1) is 12.8 Å². The summed E-state index contributed by atoms with van der Waals surface area (Å²) in [5.74, 6) is 1.53. The van der Waals surface area contributed by atoms with Crippen LogP contribution in [0.2, 0.25) is 0 Å². The Morgan fingerprint density at radius 2 is 2.24 bits per heavy atom. The Morgan fingerprint density at radius 1 is 1.48 bits per heavy atom. The molecule has 1 aliphatic rings. The highest BCUT2D eigenvalue weighted by atomic mass is 32.1. The average molecular weight is 302 g/mol. The number of aromatic nitrogens is 1. The number of carbonyl (C=O) groups is 1. The quantitative estimate of drug-likeness (QED) is 0.936. The third-order valence-corrected chi connectivity index (χ3v) is 4.57. The molecule has 1 aromatic carbocycles. The molecule has 2 unspecified atom stereocenters. The van der Waals surface area contributed by atoms with E-state index in [0.717, 1.165) is 29.0 Å². The molecule has 0 saturated heterocycles. The lowest BCUT2D eigenvalue weighted by Gasteiger charge is -2.07. The Morgan fingerprint density at radius 3 is 2.90 bits per heavy atom. The smallest absolute Gasteiger partial charge is 0.229 e. The molecule has 21 heavy (non-hydrogen) atoms. The van der Waals surface area contributed by atoms with Crippen molar-refractivity contribution in [2.45, 2.75) is 20.3 Å². The van der Waals surface area contributed by atoms with E-state index in [-0.39, 0.29) is 11.8 Å². The summed E-state index contributed by atoms with van der Waals surface area (Å²) in [4.78, 5) is 16.5. The predicted molar refractivity (Wildman–Crippen MR) is 84.7 cm³/mol. The zero-order valence-electron chi connectivity index (χ0n) is 12.3. The van der Waals surface area contributed by atoms with Gasteiger partial charge in [-0.3, -0.25) is 4.79 Å². The number of hydrogen-bond acceptors (Lipinski definition) is 4. The minimum Gasteiger partial charge on any atom is -0.496 e. The van der Waals surface area contributed by atoms with E-state index in [4.69, 9.17) is 4.74 Å². The molecule has 1 N–H and O–H groups in total. The van der Waals surface area contributed by atoms with E-state index >= 15 is 0 Å². The molecule has 110 valence electrons. The molecule has 2 atom stereocenters. The van der Waals surface area contributed by atoms with Gasteiger partial charge in [-0.25, -0.2) is 4.98 Å². The number of hydrogen-bond donors (Lipinski definition) is 1. The molecule has 1 amide bonds. The van der Waals surface area contributed by atoms with Gasteiger partial charge >= 0.3 is 0 Å². The zero-order chi connectivity index (χ0) is 15.0. The summed E-state index contributed by atoms with van der Waals surface area (Å²) in [7, 11) is 1.65. The number of aryl methyl sites for hydroxylation is 1. The molecule has 1 aromatic heterocycles. The molecule has 0 spiro atoms. The van der Waals surface area contributed by atoms with Gasteiger partial charge in [0.15, 0.2) is 5.13 Å². The molecular formula is C16H18N2O2S. The fourth-order valence-corrected chi connectivity index (χ4v) is 3.08. The number of benzene rings is 1. The molecule has 4 nitrogen and oxygen atoms in total. The van der Waals surface area contributed by atoms with E-state index in [0.29, 0.717) is 11.0 Å². The van der Waals surface area contributed by atoms with Crippen LogP contribution < -0.4 is 10.1 Å². The second-order valence-electron chi connectivity index (χ2n) is 5.55. The summed E-state index contributed by atoms with van der Waals surface area (Å²) in [6.07, 6.45) is 0.982. The second-order valence-corrected chi connectivity index (χ2v) is 6.41. The van der Waals surface area contributed by atoms with Gasteiger partial charge in [0.25, 0.3) is 0 Å². The van der Waals surface area contributed by atoms with E-state index in [2.05, 4.69) is 17.2 Å². The number of nitrogens with zero attached hydrogens (tertiary/aromatic N) is 1.